The molecule has 1 amide bonds. The molecule has 1 unspecified atom stereocenters. The summed E-state index contributed by atoms with van der Waals surface area (Å²) in [5.41, 5.74) is 1.30. The second-order valence-corrected chi connectivity index (χ2v) is 4.38. The zero-order chi connectivity index (χ0) is 15.1. The third kappa shape index (κ3) is 4.50. The van der Waals surface area contributed by atoms with Gasteiger partial charge in [0.25, 0.3) is 0 Å². The quantitative estimate of drug-likeness (QED) is 0.887. The van der Waals surface area contributed by atoms with Crippen molar-refractivity contribution >= 4 is 11.8 Å². The van der Waals surface area contributed by atoms with Crippen molar-refractivity contribution in [2.75, 3.05) is 19.0 Å². The van der Waals surface area contributed by atoms with Crippen LogP contribution in [-0.2, 0) is 4.74 Å². The van der Waals surface area contributed by atoms with Crippen molar-refractivity contribution in [2.24, 2.45) is 0 Å². The first-order valence-corrected chi connectivity index (χ1v) is 6.50. The molecule has 0 saturated heterocycles. The van der Waals surface area contributed by atoms with Crippen molar-refractivity contribution in [2.45, 2.75) is 6.10 Å². The highest BCUT2D eigenvalue weighted by atomic mass is 16.6. The molecule has 0 saturated carbocycles. The summed E-state index contributed by atoms with van der Waals surface area (Å²) >= 11 is 0. The summed E-state index contributed by atoms with van der Waals surface area (Å²) in [6.07, 6.45) is -1.46. The van der Waals surface area contributed by atoms with E-state index in [1.807, 2.05) is 18.2 Å². The van der Waals surface area contributed by atoms with E-state index < -0.39 is 12.2 Å². The lowest BCUT2D eigenvalue weighted by Gasteiger charge is -2.12. The van der Waals surface area contributed by atoms with Crippen LogP contribution in [0.15, 0.2) is 54.6 Å². The van der Waals surface area contributed by atoms with E-state index in [2.05, 4.69) is 5.32 Å². The van der Waals surface area contributed by atoms with Crippen LogP contribution >= 0.6 is 0 Å². The lowest BCUT2D eigenvalue weighted by Crippen LogP contribution is -2.17. The topological polar surface area (TPSA) is 67.8 Å². The van der Waals surface area contributed by atoms with E-state index in [0.717, 1.165) is 0 Å². The van der Waals surface area contributed by atoms with E-state index in [1.165, 1.54) is 0 Å². The molecule has 110 valence electrons. The largest absolute Gasteiger partial charge is 0.497 e. The van der Waals surface area contributed by atoms with Gasteiger partial charge >= 0.3 is 6.09 Å². The van der Waals surface area contributed by atoms with Gasteiger partial charge in [0.1, 0.15) is 18.5 Å². The molecule has 5 nitrogen and oxygen atoms in total. The first kappa shape index (κ1) is 14.9. The van der Waals surface area contributed by atoms with E-state index in [-0.39, 0.29) is 6.61 Å². The molecule has 0 heterocycles. The SMILES string of the molecule is COc1ccc(NC(=O)OCC(O)c2ccccc2)cc1. The number of benzene rings is 2. The Labute approximate surface area is 123 Å². The minimum Gasteiger partial charge on any atom is -0.497 e. The Morgan fingerprint density at radius 1 is 1.14 bits per heavy atom. The van der Waals surface area contributed by atoms with E-state index in [1.54, 1.807) is 43.5 Å². The molecule has 0 aliphatic carbocycles. The second-order valence-electron chi connectivity index (χ2n) is 4.38. The predicted molar refractivity (Wildman–Crippen MR) is 79.4 cm³/mol. The van der Waals surface area contributed by atoms with Crippen molar-refractivity contribution in [3.05, 3.63) is 60.2 Å². The number of amides is 1. The van der Waals surface area contributed by atoms with Gasteiger partial charge in [-0.3, -0.25) is 5.32 Å². The summed E-state index contributed by atoms with van der Waals surface area (Å²) in [6.45, 7) is -0.105. The molecule has 2 aromatic carbocycles. The van der Waals surface area contributed by atoms with Crippen molar-refractivity contribution < 1.29 is 19.4 Å². The molecule has 0 fully saturated rings. The fourth-order valence-electron chi connectivity index (χ4n) is 1.75. The average molecular weight is 287 g/mol. The average Bonchev–Trinajstić information content (AvgIpc) is 2.54. The standard InChI is InChI=1S/C16H17NO4/c1-20-14-9-7-13(8-10-14)17-16(19)21-11-15(18)12-5-3-2-4-6-12/h2-10,15,18H,11H2,1H3,(H,17,19). The van der Waals surface area contributed by atoms with Crippen molar-refractivity contribution in [3.8, 4) is 5.75 Å². The number of ether oxygens (including phenoxy) is 2. The van der Waals surface area contributed by atoms with Crippen LogP contribution in [0.1, 0.15) is 11.7 Å². The number of rotatable bonds is 5. The van der Waals surface area contributed by atoms with Crippen LogP contribution in [0.5, 0.6) is 5.75 Å². The van der Waals surface area contributed by atoms with Crippen LogP contribution in [0.2, 0.25) is 0 Å². The van der Waals surface area contributed by atoms with Gasteiger partial charge in [0.2, 0.25) is 0 Å². The molecule has 0 spiro atoms. The van der Waals surface area contributed by atoms with Crippen LogP contribution in [-0.4, -0.2) is 24.9 Å². The minimum atomic E-state index is -0.840. The highest BCUT2D eigenvalue weighted by Crippen LogP contribution is 2.16. The zero-order valence-electron chi connectivity index (χ0n) is 11.7. The summed E-state index contributed by atoms with van der Waals surface area (Å²) < 4.78 is 10.0. The maximum atomic E-state index is 11.6. The van der Waals surface area contributed by atoms with Crippen LogP contribution in [0, 0.1) is 0 Å². The second kappa shape index (κ2) is 7.31. The fourth-order valence-corrected chi connectivity index (χ4v) is 1.75. The van der Waals surface area contributed by atoms with Gasteiger partial charge in [-0.25, -0.2) is 4.79 Å². The lowest BCUT2D eigenvalue weighted by molar-refractivity contribution is 0.0752. The third-order valence-corrected chi connectivity index (χ3v) is 2.89. The first-order valence-electron chi connectivity index (χ1n) is 6.50. The normalized spacial score (nSPS) is 11.5. The van der Waals surface area contributed by atoms with Crippen LogP contribution in [0.25, 0.3) is 0 Å². The van der Waals surface area contributed by atoms with Gasteiger partial charge in [0, 0.05) is 5.69 Å². The highest BCUT2D eigenvalue weighted by Gasteiger charge is 2.10. The smallest absolute Gasteiger partial charge is 0.411 e. The van der Waals surface area contributed by atoms with Gasteiger partial charge in [0.05, 0.1) is 7.11 Å². The number of hydrogen-bond donors (Lipinski definition) is 2. The molecule has 0 aliphatic heterocycles. The molecule has 21 heavy (non-hydrogen) atoms. The number of anilines is 1. The summed E-state index contributed by atoms with van der Waals surface area (Å²) in [5.74, 6) is 0.702. The number of carbonyl (C=O) groups is 1. The molecular weight excluding hydrogens is 270 g/mol. The monoisotopic (exact) mass is 287 g/mol. The van der Waals surface area contributed by atoms with Gasteiger partial charge in [-0.15, -0.1) is 0 Å². The zero-order valence-corrected chi connectivity index (χ0v) is 11.7. The van der Waals surface area contributed by atoms with E-state index in [4.69, 9.17) is 9.47 Å². The molecule has 2 aromatic rings. The van der Waals surface area contributed by atoms with E-state index in [9.17, 15) is 9.90 Å². The summed E-state index contributed by atoms with van der Waals surface area (Å²) in [4.78, 5) is 11.6. The molecule has 2 rings (SSSR count). The van der Waals surface area contributed by atoms with Crippen molar-refractivity contribution in [1.82, 2.24) is 0 Å². The molecule has 0 aliphatic rings. The first-order chi connectivity index (χ1) is 10.2. The molecule has 2 N–H and O–H groups in total. The minimum absolute atomic E-state index is 0.105. The summed E-state index contributed by atoms with van der Waals surface area (Å²) in [7, 11) is 1.57. The van der Waals surface area contributed by atoms with Gasteiger partial charge in [-0.2, -0.15) is 0 Å². The Morgan fingerprint density at radius 3 is 2.43 bits per heavy atom. The fraction of sp³-hybridized carbons (Fsp3) is 0.188. The Balaban J connectivity index is 1.81. The number of carbonyl (C=O) groups excluding carboxylic acids is 1. The van der Waals surface area contributed by atoms with Gasteiger partial charge < -0.3 is 14.6 Å². The third-order valence-electron chi connectivity index (χ3n) is 2.89. The summed E-state index contributed by atoms with van der Waals surface area (Å²) in [6, 6.07) is 15.9. The molecule has 5 heteroatoms. The van der Waals surface area contributed by atoms with Crippen LogP contribution < -0.4 is 10.1 Å². The van der Waals surface area contributed by atoms with Gasteiger partial charge in [0.15, 0.2) is 0 Å². The predicted octanol–water partition coefficient (Wildman–Crippen LogP) is 2.98. The number of aliphatic hydroxyl groups excluding tert-OH is 1. The van der Waals surface area contributed by atoms with Gasteiger partial charge in [-0.1, -0.05) is 30.3 Å². The number of nitrogens with one attached hydrogen (secondary N) is 1. The Morgan fingerprint density at radius 2 is 1.81 bits per heavy atom. The number of aliphatic hydroxyl groups is 1. The maximum Gasteiger partial charge on any atom is 0.411 e. The van der Waals surface area contributed by atoms with E-state index in [0.29, 0.717) is 17.0 Å². The van der Waals surface area contributed by atoms with Crippen molar-refractivity contribution in [1.29, 1.82) is 0 Å². The Hall–Kier alpha value is -2.53. The van der Waals surface area contributed by atoms with Crippen LogP contribution in [0.3, 0.4) is 0 Å². The van der Waals surface area contributed by atoms with Crippen molar-refractivity contribution in [3.63, 3.8) is 0 Å². The van der Waals surface area contributed by atoms with Gasteiger partial charge in [-0.05, 0) is 29.8 Å². The molecule has 0 bridgehead atoms. The number of methoxy groups -OCH3 is 1. The lowest BCUT2D eigenvalue weighted by atomic mass is 10.1. The molecule has 0 aromatic heterocycles. The molecule has 1 atom stereocenters. The maximum absolute atomic E-state index is 11.6. The van der Waals surface area contributed by atoms with E-state index >= 15 is 0 Å². The van der Waals surface area contributed by atoms with Crippen LogP contribution in [0.4, 0.5) is 10.5 Å². The molecule has 0 radical (unpaired) electrons. The summed E-state index contributed by atoms with van der Waals surface area (Å²) in [5, 5.41) is 12.5. The molecular formula is C16H17NO4. The Kier molecular flexibility index (Phi) is 5.17. The Bertz CT molecular complexity index is 569. The highest BCUT2D eigenvalue weighted by molar-refractivity contribution is 5.84. The number of hydrogen-bond acceptors (Lipinski definition) is 4.